The Morgan fingerprint density at radius 2 is 2.14 bits per heavy atom. The number of hydrogen-bond acceptors (Lipinski definition) is 3. The molecule has 0 aromatic heterocycles. The molecule has 1 rings (SSSR count). The minimum atomic E-state index is -1.10. The molecule has 0 saturated carbocycles. The van der Waals surface area contributed by atoms with E-state index in [1.165, 1.54) is 12.1 Å². The van der Waals surface area contributed by atoms with Crippen molar-refractivity contribution in [3.63, 3.8) is 0 Å². The summed E-state index contributed by atoms with van der Waals surface area (Å²) in [5.74, 6) is -1.21. The summed E-state index contributed by atoms with van der Waals surface area (Å²) in [6.07, 6.45) is 0. The fourth-order valence-electron chi connectivity index (χ4n) is 1.23. The van der Waals surface area contributed by atoms with Crippen molar-refractivity contribution in [3.05, 3.63) is 27.7 Å². The fraction of sp³-hybridized carbons (Fsp3) is 0.222. The van der Waals surface area contributed by atoms with E-state index >= 15 is 0 Å². The first-order valence-electron chi connectivity index (χ1n) is 3.95. The lowest BCUT2D eigenvalue weighted by molar-refractivity contribution is 0.0694. The molecule has 4 N–H and O–H groups in total. The van der Waals surface area contributed by atoms with Crippen LogP contribution in [0.5, 0.6) is 5.75 Å². The predicted octanol–water partition coefficient (Wildman–Crippen LogP) is 1.87. The van der Waals surface area contributed by atoms with E-state index in [-0.39, 0.29) is 16.9 Å². The molecule has 1 atom stereocenters. The van der Waals surface area contributed by atoms with Gasteiger partial charge < -0.3 is 15.9 Å². The van der Waals surface area contributed by atoms with Crippen LogP contribution in [-0.4, -0.2) is 16.2 Å². The third-order valence-corrected chi connectivity index (χ3v) is 2.49. The first-order chi connectivity index (χ1) is 6.45. The number of nitrogens with two attached hydrogens (primary N) is 1. The molecule has 1 aromatic rings. The monoisotopic (exact) mass is 259 g/mol. The molecule has 0 bridgehead atoms. The highest BCUT2D eigenvalue weighted by Gasteiger charge is 2.18. The molecule has 0 radical (unpaired) electrons. The Kier molecular flexibility index (Phi) is 3.13. The van der Waals surface area contributed by atoms with Crippen molar-refractivity contribution in [2.45, 2.75) is 13.0 Å². The van der Waals surface area contributed by atoms with Crippen LogP contribution in [0.2, 0.25) is 0 Å². The maximum Gasteiger partial charge on any atom is 0.336 e. The highest BCUT2D eigenvalue weighted by molar-refractivity contribution is 9.10. The van der Waals surface area contributed by atoms with Gasteiger partial charge in [-0.1, -0.05) is 0 Å². The summed E-state index contributed by atoms with van der Waals surface area (Å²) >= 11 is 3.10. The number of aromatic hydroxyl groups is 1. The number of carbonyl (C=O) groups is 1. The highest BCUT2D eigenvalue weighted by Crippen LogP contribution is 2.33. The molecule has 0 spiro atoms. The van der Waals surface area contributed by atoms with E-state index in [0.717, 1.165) is 0 Å². The first-order valence-corrected chi connectivity index (χ1v) is 4.74. The fourth-order valence-corrected chi connectivity index (χ4v) is 1.57. The summed E-state index contributed by atoms with van der Waals surface area (Å²) in [5, 5.41) is 18.5. The van der Waals surface area contributed by atoms with Crippen molar-refractivity contribution in [1.82, 2.24) is 0 Å². The van der Waals surface area contributed by atoms with Crippen LogP contribution in [-0.2, 0) is 0 Å². The SMILES string of the molecule is C[C@H](N)c1c(C(=O)O)ccc(Br)c1O. The Morgan fingerprint density at radius 1 is 1.57 bits per heavy atom. The molecule has 1 aromatic carbocycles. The molecule has 76 valence electrons. The van der Waals surface area contributed by atoms with Crippen molar-refractivity contribution in [1.29, 1.82) is 0 Å². The van der Waals surface area contributed by atoms with Gasteiger partial charge in [-0.15, -0.1) is 0 Å². The van der Waals surface area contributed by atoms with Gasteiger partial charge in [0, 0.05) is 11.6 Å². The quantitative estimate of drug-likeness (QED) is 0.757. The Balaban J connectivity index is 3.45. The van der Waals surface area contributed by atoms with Crippen LogP contribution in [0.3, 0.4) is 0 Å². The minimum Gasteiger partial charge on any atom is -0.506 e. The Morgan fingerprint density at radius 3 is 2.57 bits per heavy atom. The van der Waals surface area contributed by atoms with Crippen LogP contribution >= 0.6 is 15.9 Å². The molecule has 0 saturated heterocycles. The van der Waals surface area contributed by atoms with Crippen LogP contribution < -0.4 is 5.73 Å². The standard InChI is InChI=1S/C9H10BrNO3/c1-4(11)7-5(9(13)14)2-3-6(10)8(7)12/h2-4,12H,11H2,1H3,(H,13,14)/t4-/m0/s1. The summed E-state index contributed by atoms with van der Waals surface area (Å²) in [7, 11) is 0. The van der Waals surface area contributed by atoms with Gasteiger partial charge in [-0.3, -0.25) is 0 Å². The molecular formula is C9H10BrNO3. The minimum absolute atomic E-state index is 0.0284. The number of carboxylic acids is 1. The van der Waals surface area contributed by atoms with Crippen LogP contribution in [0, 0.1) is 0 Å². The molecular weight excluding hydrogens is 250 g/mol. The zero-order valence-electron chi connectivity index (χ0n) is 7.49. The number of rotatable bonds is 2. The molecule has 0 amide bonds. The lowest BCUT2D eigenvalue weighted by Crippen LogP contribution is -2.12. The van der Waals surface area contributed by atoms with Crippen LogP contribution in [0.25, 0.3) is 0 Å². The maximum absolute atomic E-state index is 10.8. The summed E-state index contributed by atoms with van der Waals surface area (Å²) in [5.41, 5.74) is 5.85. The Labute approximate surface area is 89.5 Å². The summed E-state index contributed by atoms with van der Waals surface area (Å²) in [4.78, 5) is 10.8. The van der Waals surface area contributed by atoms with Gasteiger partial charge in [-0.2, -0.15) is 0 Å². The number of phenolic OH excluding ortho intramolecular Hbond substituents is 1. The van der Waals surface area contributed by atoms with E-state index in [4.69, 9.17) is 10.8 Å². The molecule has 0 aliphatic carbocycles. The van der Waals surface area contributed by atoms with Gasteiger partial charge in [0.25, 0.3) is 0 Å². The molecule has 0 aliphatic heterocycles. The lowest BCUT2D eigenvalue weighted by atomic mass is 10.0. The smallest absolute Gasteiger partial charge is 0.336 e. The zero-order chi connectivity index (χ0) is 10.9. The zero-order valence-corrected chi connectivity index (χ0v) is 9.08. The van der Waals surface area contributed by atoms with Gasteiger partial charge in [0.05, 0.1) is 10.0 Å². The number of halogens is 1. The molecule has 4 nitrogen and oxygen atoms in total. The Hall–Kier alpha value is -1.07. The predicted molar refractivity (Wildman–Crippen MR) is 55.4 cm³/mol. The number of carboxylic acid groups (broad SMARTS) is 1. The number of phenols is 1. The van der Waals surface area contributed by atoms with E-state index in [0.29, 0.717) is 4.47 Å². The van der Waals surface area contributed by atoms with Crippen molar-refractivity contribution in [3.8, 4) is 5.75 Å². The second kappa shape index (κ2) is 3.98. The Bertz CT molecular complexity index is 377. The van der Waals surface area contributed by atoms with Crippen LogP contribution in [0.4, 0.5) is 0 Å². The summed E-state index contributed by atoms with van der Waals surface area (Å²) in [6, 6.07) is 2.36. The van der Waals surface area contributed by atoms with Crippen molar-refractivity contribution < 1.29 is 15.0 Å². The topological polar surface area (TPSA) is 83.6 Å². The lowest BCUT2D eigenvalue weighted by Gasteiger charge is -2.12. The van der Waals surface area contributed by atoms with E-state index in [2.05, 4.69) is 15.9 Å². The average Bonchev–Trinajstić information content (AvgIpc) is 2.08. The third-order valence-electron chi connectivity index (χ3n) is 1.85. The third kappa shape index (κ3) is 1.88. The second-order valence-electron chi connectivity index (χ2n) is 2.95. The van der Waals surface area contributed by atoms with Crippen molar-refractivity contribution >= 4 is 21.9 Å². The summed E-state index contributed by atoms with van der Waals surface area (Å²) in [6.45, 7) is 1.62. The summed E-state index contributed by atoms with van der Waals surface area (Å²) < 4.78 is 0.440. The van der Waals surface area contributed by atoms with Gasteiger partial charge in [0.1, 0.15) is 5.75 Å². The van der Waals surface area contributed by atoms with Gasteiger partial charge in [0.15, 0.2) is 0 Å². The molecule has 5 heteroatoms. The number of aromatic carboxylic acids is 1. The first kappa shape index (κ1) is 11.0. The second-order valence-corrected chi connectivity index (χ2v) is 3.81. The van der Waals surface area contributed by atoms with Gasteiger partial charge in [-0.25, -0.2) is 4.79 Å². The van der Waals surface area contributed by atoms with Crippen LogP contribution in [0.15, 0.2) is 16.6 Å². The van der Waals surface area contributed by atoms with Crippen molar-refractivity contribution in [2.75, 3.05) is 0 Å². The van der Waals surface area contributed by atoms with E-state index in [9.17, 15) is 9.90 Å². The highest BCUT2D eigenvalue weighted by atomic mass is 79.9. The van der Waals surface area contributed by atoms with Gasteiger partial charge in [0.2, 0.25) is 0 Å². The largest absolute Gasteiger partial charge is 0.506 e. The molecule has 0 unspecified atom stereocenters. The molecule has 0 heterocycles. The normalized spacial score (nSPS) is 12.5. The number of benzene rings is 1. The molecule has 0 aliphatic rings. The van der Waals surface area contributed by atoms with Crippen LogP contribution in [0.1, 0.15) is 28.9 Å². The van der Waals surface area contributed by atoms with E-state index in [1.807, 2.05) is 0 Å². The van der Waals surface area contributed by atoms with E-state index < -0.39 is 12.0 Å². The average molecular weight is 260 g/mol. The van der Waals surface area contributed by atoms with Crippen molar-refractivity contribution in [2.24, 2.45) is 5.73 Å². The van der Waals surface area contributed by atoms with Gasteiger partial charge >= 0.3 is 5.97 Å². The number of hydrogen-bond donors (Lipinski definition) is 3. The maximum atomic E-state index is 10.8. The van der Waals surface area contributed by atoms with E-state index in [1.54, 1.807) is 6.92 Å². The molecule has 14 heavy (non-hydrogen) atoms. The molecule has 0 fully saturated rings. The van der Waals surface area contributed by atoms with Gasteiger partial charge in [-0.05, 0) is 35.0 Å².